The number of hydrogen-bond acceptors (Lipinski definition) is 3. The molecule has 88 valence electrons. The smallest absolute Gasteiger partial charge is 0.373 e. The van der Waals surface area contributed by atoms with Crippen LogP contribution in [0.2, 0.25) is 0 Å². The molecule has 0 radical (unpaired) electrons. The second kappa shape index (κ2) is 4.80. The third kappa shape index (κ3) is 3.35. The Labute approximate surface area is 85.4 Å². The summed E-state index contributed by atoms with van der Waals surface area (Å²) in [6.07, 6.45) is -5.16. The Balaban J connectivity index is 2.52. The van der Waals surface area contributed by atoms with E-state index in [2.05, 4.69) is 5.32 Å². The molecule has 1 amide bonds. The van der Waals surface area contributed by atoms with Gasteiger partial charge in [-0.1, -0.05) is 0 Å². The maximum atomic E-state index is 12.1. The van der Waals surface area contributed by atoms with Gasteiger partial charge in [0.2, 0.25) is 0 Å². The van der Waals surface area contributed by atoms with Crippen molar-refractivity contribution >= 4 is 5.91 Å². The summed E-state index contributed by atoms with van der Waals surface area (Å²) in [4.78, 5) is 11.7. The lowest BCUT2D eigenvalue weighted by Gasteiger charge is -2.33. The zero-order chi connectivity index (χ0) is 11.5. The van der Waals surface area contributed by atoms with Crippen molar-refractivity contribution in [2.75, 3.05) is 33.3 Å². The summed E-state index contributed by atoms with van der Waals surface area (Å²) in [6.45, 7) is 0.563. The Morgan fingerprint density at radius 1 is 1.60 bits per heavy atom. The van der Waals surface area contributed by atoms with Crippen molar-refractivity contribution in [3.8, 4) is 0 Å². The van der Waals surface area contributed by atoms with Gasteiger partial charge in [0, 0.05) is 19.6 Å². The van der Waals surface area contributed by atoms with Gasteiger partial charge in [0.25, 0.3) is 0 Å². The Morgan fingerprint density at radius 2 is 2.27 bits per heavy atom. The number of carbonyl (C=O) groups excluding carboxylic acids is 1. The topological polar surface area (TPSA) is 41.6 Å². The largest absolute Gasteiger partial charge is 0.471 e. The van der Waals surface area contributed by atoms with Gasteiger partial charge in [-0.05, 0) is 7.05 Å². The van der Waals surface area contributed by atoms with Crippen LogP contribution in [0.5, 0.6) is 0 Å². The predicted octanol–water partition coefficient (Wildman–Crippen LogP) is -0.00450. The lowest BCUT2D eigenvalue weighted by molar-refractivity contribution is -0.191. The molecule has 1 rings (SSSR count). The van der Waals surface area contributed by atoms with Gasteiger partial charge in [-0.25, -0.2) is 0 Å². The second-order valence-corrected chi connectivity index (χ2v) is 3.30. The Hall–Kier alpha value is -0.820. The first-order valence-electron chi connectivity index (χ1n) is 4.57. The van der Waals surface area contributed by atoms with E-state index in [1.54, 1.807) is 7.05 Å². The average Bonchev–Trinajstić information content (AvgIpc) is 2.16. The first-order valence-corrected chi connectivity index (χ1v) is 4.57. The van der Waals surface area contributed by atoms with E-state index in [0.29, 0.717) is 6.54 Å². The number of hydrogen-bond donors (Lipinski definition) is 1. The van der Waals surface area contributed by atoms with Crippen LogP contribution in [0, 0.1) is 0 Å². The van der Waals surface area contributed by atoms with Crippen molar-refractivity contribution in [2.45, 2.75) is 12.3 Å². The minimum Gasteiger partial charge on any atom is -0.373 e. The molecule has 0 aromatic rings. The molecule has 1 fully saturated rings. The molecule has 1 aliphatic heterocycles. The van der Waals surface area contributed by atoms with Gasteiger partial charge < -0.3 is 15.0 Å². The van der Waals surface area contributed by atoms with Crippen LogP contribution in [0.1, 0.15) is 0 Å². The lowest BCUT2D eigenvalue weighted by atomic mass is 10.2. The van der Waals surface area contributed by atoms with Gasteiger partial charge in [0.05, 0.1) is 12.7 Å². The number of amides is 1. The summed E-state index contributed by atoms with van der Waals surface area (Å²) in [5.74, 6) is -1.79. The van der Waals surface area contributed by atoms with E-state index < -0.39 is 12.1 Å². The number of nitrogens with one attached hydrogen (secondary N) is 1. The molecular weight excluding hydrogens is 213 g/mol. The Morgan fingerprint density at radius 3 is 2.80 bits per heavy atom. The summed E-state index contributed by atoms with van der Waals surface area (Å²) in [5, 5.41) is 2.79. The molecule has 0 aliphatic carbocycles. The molecule has 0 aromatic heterocycles. The van der Waals surface area contributed by atoms with Crippen molar-refractivity contribution in [1.82, 2.24) is 10.2 Å². The van der Waals surface area contributed by atoms with E-state index in [9.17, 15) is 18.0 Å². The van der Waals surface area contributed by atoms with Crippen LogP contribution in [-0.2, 0) is 9.53 Å². The fraction of sp³-hybridized carbons (Fsp3) is 0.875. The van der Waals surface area contributed by atoms with E-state index in [0.717, 1.165) is 4.90 Å². The molecule has 0 saturated carbocycles. The monoisotopic (exact) mass is 226 g/mol. The number of alkyl halides is 3. The number of likely N-dealkylation sites (N-methyl/N-ethyl adjacent to an activating group) is 1. The minimum atomic E-state index is -4.79. The molecule has 4 nitrogen and oxygen atoms in total. The molecule has 1 aliphatic rings. The highest BCUT2D eigenvalue weighted by molar-refractivity contribution is 5.81. The van der Waals surface area contributed by atoms with Crippen LogP contribution in [0.15, 0.2) is 0 Å². The molecule has 15 heavy (non-hydrogen) atoms. The third-order valence-corrected chi connectivity index (χ3v) is 2.10. The minimum absolute atomic E-state index is 0.00143. The summed E-state index contributed by atoms with van der Waals surface area (Å²) in [5.41, 5.74) is 0. The highest BCUT2D eigenvalue weighted by Gasteiger charge is 2.43. The molecular formula is C8H13F3N2O2. The van der Waals surface area contributed by atoms with Crippen molar-refractivity contribution in [2.24, 2.45) is 0 Å². The molecule has 1 saturated heterocycles. The molecule has 7 heteroatoms. The molecule has 1 N–H and O–H groups in total. The summed E-state index contributed by atoms with van der Waals surface area (Å²) < 4.78 is 41.5. The quantitative estimate of drug-likeness (QED) is 0.720. The van der Waals surface area contributed by atoms with Crippen molar-refractivity contribution in [3.63, 3.8) is 0 Å². The van der Waals surface area contributed by atoms with Gasteiger partial charge in [-0.3, -0.25) is 4.79 Å². The third-order valence-electron chi connectivity index (χ3n) is 2.10. The molecule has 0 aromatic carbocycles. The number of nitrogens with zero attached hydrogens (tertiary/aromatic N) is 1. The molecule has 1 heterocycles. The van der Waals surface area contributed by atoms with E-state index in [-0.39, 0.29) is 25.8 Å². The van der Waals surface area contributed by atoms with Crippen LogP contribution in [0.4, 0.5) is 13.2 Å². The van der Waals surface area contributed by atoms with Crippen LogP contribution < -0.4 is 5.32 Å². The molecule has 0 spiro atoms. The molecule has 0 bridgehead atoms. The normalized spacial score (nSPS) is 22.9. The number of rotatable bonds is 2. The average molecular weight is 226 g/mol. The predicted molar refractivity (Wildman–Crippen MR) is 46.3 cm³/mol. The van der Waals surface area contributed by atoms with Gasteiger partial charge in [0.15, 0.2) is 0 Å². The van der Waals surface area contributed by atoms with Crippen LogP contribution in [0.3, 0.4) is 0 Å². The van der Waals surface area contributed by atoms with E-state index in [1.165, 1.54) is 0 Å². The van der Waals surface area contributed by atoms with Crippen LogP contribution >= 0.6 is 0 Å². The zero-order valence-corrected chi connectivity index (χ0v) is 8.30. The lowest BCUT2D eigenvalue weighted by Crippen LogP contribution is -2.52. The van der Waals surface area contributed by atoms with Gasteiger partial charge in [0.1, 0.15) is 0 Å². The zero-order valence-electron chi connectivity index (χ0n) is 8.30. The number of halogens is 3. The van der Waals surface area contributed by atoms with E-state index >= 15 is 0 Å². The standard InChI is InChI=1S/C8H13F3N2O2/c1-12-4-6-5-13(2-3-15-6)7(14)8(9,10)11/h6,12H,2-5H2,1H3. The van der Waals surface area contributed by atoms with E-state index in [4.69, 9.17) is 4.74 Å². The second-order valence-electron chi connectivity index (χ2n) is 3.30. The van der Waals surface area contributed by atoms with Crippen molar-refractivity contribution in [1.29, 1.82) is 0 Å². The van der Waals surface area contributed by atoms with E-state index in [1.807, 2.05) is 0 Å². The fourth-order valence-corrected chi connectivity index (χ4v) is 1.43. The Bertz CT molecular complexity index is 230. The van der Waals surface area contributed by atoms with Crippen molar-refractivity contribution < 1.29 is 22.7 Å². The number of morpholine rings is 1. The van der Waals surface area contributed by atoms with Crippen molar-refractivity contribution in [3.05, 3.63) is 0 Å². The van der Waals surface area contributed by atoms with Crippen LogP contribution in [-0.4, -0.2) is 56.4 Å². The Kier molecular flexibility index (Phi) is 3.92. The summed E-state index contributed by atoms with van der Waals surface area (Å²) in [6, 6.07) is 0. The number of ether oxygens (including phenoxy) is 1. The highest BCUT2D eigenvalue weighted by atomic mass is 19.4. The molecule has 1 unspecified atom stereocenters. The fourth-order valence-electron chi connectivity index (χ4n) is 1.43. The van der Waals surface area contributed by atoms with Gasteiger partial charge in [-0.15, -0.1) is 0 Å². The van der Waals surface area contributed by atoms with Gasteiger partial charge >= 0.3 is 12.1 Å². The maximum Gasteiger partial charge on any atom is 0.471 e. The first-order chi connectivity index (χ1) is 6.95. The maximum absolute atomic E-state index is 12.1. The SMILES string of the molecule is CNCC1CN(C(=O)C(F)(F)F)CCO1. The van der Waals surface area contributed by atoms with Gasteiger partial charge in [-0.2, -0.15) is 13.2 Å². The summed E-state index contributed by atoms with van der Waals surface area (Å²) in [7, 11) is 1.67. The highest BCUT2D eigenvalue weighted by Crippen LogP contribution is 2.19. The molecule has 1 atom stereocenters. The number of carbonyl (C=O) groups is 1. The first kappa shape index (κ1) is 12.3. The van der Waals surface area contributed by atoms with Crippen LogP contribution in [0.25, 0.3) is 0 Å². The summed E-state index contributed by atoms with van der Waals surface area (Å²) >= 11 is 0.